The minimum Gasteiger partial charge on any atom is -0.494 e. The first-order valence-corrected chi connectivity index (χ1v) is 9.15. The third kappa shape index (κ3) is 8.09. The van der Waals surface area contributed by atoms with Gasteiger partial charge in [-0.15, -0.1) is 0 Å². The fourth-order valence-electron chi connectivity index (χ4n) is 2.42. The van der Waals surface area contributed by atoms with Crippen molar-refractivity contribution in [1.29, 1.82) is 0 Å². The number of anilines is 1. The quantitative estimate of drug-likeness (QED) is 0.530. The van der Waals surface area contributed by atoms with E-state index in [9.17, 15) is 4.79 Å². The Kier molecular flexibility index (Phi) is 10.5. The second-order valence-electron chi connectivity index (χ2n) is 5.67. The van der Waals surface area contributed by atoms with E-state index >= 15 is 0 Å². The summed E-state index contributed by atoms with van der Waals surface area (Å²) < 4.78 is 11.0. The van der Waals surface area contributed by atoms with Gasteiger partial charge in [0.15, 0.2) is 0 Å². The summed E-state index contributed by atoms with van der Waals surface area (Å²) in [5.74, 6) is 1.36. The maximum atomic E-state index is 12.1. The number of hydrogen-bond acceptors (Lipinski definition) is 3. The number of rotatable bonds is 12. The maximum Gasteiger partial charge on any atom is 0.319 e. The van der Waals surface area contributed by atoms with E-state index in [1.165, 1.54) is 25.7 Å². The van der Waals surface area contributed by atoms with E-state index in [4.69, 9.17) is 9.47 Å². The minimum absolute atomic E-state index is 0.210. The van der Waals surface area contributed by atoms with Gasteiger partial charge in [-0.1, -0.05) is 39.0 Å². The number of ether oxygens (including phenoxy) is 2. The zero-order chi connectivity index (χ0) is 17.6. The van der Waals surface area contributed by atoms with Gasteiger partial charge < -0.3 is 20.1 Å². The number of nitrogens with one attached hydrogen (secondary N) is 2. The summed E-state index contributed by atoms with van der Waals surface area (Å²) in [6.07, 6.45) is 7.24. The monoisotopic (exact) mass is 336 g/mol. The first-order valence-electron chi connectivity index (χ1n) is 9.15. The van der Waals surface area contributed by atoms with E-state index in [1.807, 2.05) is 26.0 Å². The normalized spacial score (nSPS) is 10.3. The van der Waals surface area contributed by atoms with Gasteiger partial charge in [-0.3, -0.25) is 0 Å². The van der Waals surface area contributed by atoms with Gasteiger partial charge in [0.05, 0.1) is 18.9 Å². The SMILES string of the molecule is CCCCCCCCNC(=O)Nc1cc(OCC)ccc1OCC. The van der Waals surface area contributed by atoms with Crippen molar-refractivity contribution in [3.8, 4) is 11.5 Å². The van der Waals surface area contributed by atoms with Crippen LogP contribution in [0.3, 0.4) is 0 Å². The van der Waals surface area contributed by atoms with Crippen molar-refractivity contribution in [3.63, 3.8) is 0 Å². The fourth-order valence-corrected chi connectivity index (χ4v) is 2.42. The number of urea groups is 1. The molecule has 0 heterocycles. The fraction of sp³-hybridized carbons (Fsp3) is 0.632. The molecule has 0 aliphatic heterocycles. The zero-order valence-electron chi connectivity index (χ0n) is 15.3. The van der Waals surface area contributed by atoms with Crippen molar-refractivity contribution >= 4 is 11.7 Å². The molecule has 5 nitrogen and oxygen atoms in total. The molecule has 0 aliphatic rings. The summed E-state index contributed by atoms with van der Waals surface area (Å²) in [5.41, 5.74) is 0.628. The van der Waals surface area contributed by atoms with Crippen LogP contribution >= 0.6 is 0 Å². The molecule has 0 radical (unpaired) electrons. The van der Waals surface area contributed by atoms with Crippen LogP contribution in [-0.2, 0) is 0 Å². The van der Waals surface area contributed by atoms with Crippen LogP contribution in [0.25, 0.3) is 0 Å². The summed E-state index contributed by atoms with van der Waals surface area (Å²) in [6.45, 7) is 7.87. The van der Waals surface area contributed by atoms with E-state index in [0.717, 1.165) is 12.8 Å². The first kappa shape index (κ1) is 20.1. The van der Waals surface area contributed by atoms with E-state index in [2.05, 4.69) is 17.6 Å². The average molecular weight is 336 g/mol. The third-order valence-electron chi connectivity index (χ3n) is 3.63. The molecule has 0 aromatic heterocycles. The second kappa shape index (κ2) is 12.5. The van der Waals surface area contributed by atoms with Gasteiger partial charge in [-0.25, -0.2) is 4.79 Å². The molecule has 0 unspecified atom stereocenters. The molecule has 5 heteroatoms. The lowest BCUT2D eigenvalue weighted by Crippen LogP contribution is -2.29. The summed E-state index contributed by atoms with van der Waals surface area (Å²) in [4.78, 5) is 12.1. The molecule has 0 saturated carbocycles. The maximum absolute atomic E-state index is 12.1. The van der Waals surface area contributed by atoms with Gasteiger partial charge in [-0.05, 0) is 32.4 Å². The molecule has 0 bridgehead atoms. The molecule has 2 N–H and O–H groups in total. The van der Waals surface area contributed by atoms with E-state index in [-0.39, 0.29) is 6.03 Å². The summed E-state index contributed by atoms with van der Waals surface area (Å²) in [6, 6.07) is 5.24. The topological polar surface area (TPSA) is 59.6 Å². The molecular weight excluding hydrogens is 304 g/mol. The van der Waals surface area contributed by atoms with Crippen molar-refractivity contribution in [2.24, 2.45) is 0 Å². The van der Waals surface area contributed by atoms with Gasteiger partial charge in [-0.2, -0.15) is 0 Å². The number of hydrogen-bond donors (Lipinski definition) is 2. The number of benzene rings is 1. The molecule has 136 valence electrons. The van der Waals surface area contributed by atoms with Crippen LogP contribution in [0.2, 0.25) is 0 Å². The van der Waals surface area contributed by atoms with Crippen molar-refractivity contribution in [3.05, 3.63) is 18.2 Å². The third-order valence-corrected chi connectivity index (χ3v) is 3.63. The largest absolute Gasteiger partial charge is 0.494 e. The molecule has 1 rings (SSSR count). The van der Waals surface area contributed by atoms with Gasteiger partial charge >= 0.3 is 6.03 Å². The van der Waals surface area contributed by atoms with Crippen molar-refractivity contribution in [2.45, 2.75) is 59.3 Å². The number of unbranched alkanes of at least 4 members (excludes halogenated alkanes) is 5. The van der Waals surface area contributed by atoms with E-state index < -0.39 is 0 Å². The Morgan fingerprint density at radius 2 is 1.67 bits per heavy atom. The summed E-state index contributed by atoms with van der Waals surface area (Å²) in [5, 5.41) is 5.75. The first-order chi connectivity index (χ1) is 11.7. The van der Waals surface area contributed by atoms with Crippen LogP contribution in [-0.4, -0.2) is 25.8 Å². The second-order valence-corrected chi connectivity index (χ2v) is 5.67. The summed E-state index contributed by atoms with van der Waals surface area (Å²) >= 11 is 0. The molecule has 0 fully saturated rings. The Hall–Kier alpha value is -1.91. The highest BCUT2D eigenvalue weighted by atomic mass is 16.5. The van der Waals surface area contributed by atoms with Gasteiger partial charge in [0.25, 0.3) is 0 Å². The number of carbonyl (C=O) groups is 1. The van der Waals surface area contributed by atoms with Crippen LogP contribution in [0.1, 0.15) is 59.3 Å². The molecular formula is C19H32N2O3. The van der Waals surface area contributed by atoms with Gasteiger partial charge in [0, 0.05) is 12.6 Å². The van der Waals surface area contributed by atoms with Crippen LogP contribution in [0, 0.1) is 0 Å². The smallest absolute Gasteiger partial charge is 0.319 e. The lowest BCUT2D eigenvalue weighted by atomic mass is 10.1. The Bertz CT molecular complexity index is 478. The van der Waals surface area contributed by atoms with Crippen LogP contribution in [0.4, 0.5) is 10.5 Å². The zero-order valence-corrected chi connectivity index (χ0v) is 15.3. The highest BCUT2D eigenvalue weighted by Crippen LogP contribution is 2.29. The van der Waals surface area contributed by atoms with Gasteiger partial charge in [0.1, 0.15) is 11.5 Å². The Balaban J connectivity index is 2.42. The van der Waals surface area contributed by atoms with Crippen molar-refractivity contribution in [1.82, 2.24) is 5.32 Å². The lowest BCUT2D eigenvalue weighted by Gasteiger charge is -2.14. The molecule has 0 atom stereocenters. The molecule has 24 heavy (non-hydrogen) atoms. The lowest BCUT2D eigenvalue weighted by molar-refractivity contribution is 0.251. The molecule has 0 aliphatic carbocycles. The Labute approximate surface area is 146 Å². The number of amides is 2. The molecule has 1 aromatic rings. The molecule has 0 spiro atoms. The predicted octanol–water partition coefficient (Wildman–Crippen LogP) is 4.97. The number of carbonyl (C=O) groups excluding carboxylic acids is 1. The molecule has 2 amide bonds. The summed E-state index contributed by atoms with van der Waals surface area (Å²) in [7, 11) is 0. The van der Waals surface area contributed by atoms with E-state index in [0.29, 0.717) is 36.9 Å². The van der Waals surface area contributed by atoms with E-state index in [1.54, 1.807) is 6.07 Å². The Morgan fingerprint density at radius 1 is 0.958 bits per heavy atom. The molecule has 1 aromatic carbocycles. The molecule has 0 saturated heterocycles. The van der Waals surface area contributed by atoms with Gasteiger partial charge in [0.2, 0.25) is 0 Å². The van der Waals surface area contributed by atoms with Crippen LogP contribution in [0.15, 0.2) is 18.2 Å². The van der Waals surface area contributed by atoms with Crippen molar-refractivity contribution < 1.29 is 14.3 Å². The predicted molar refractivity (Wildman–Crippen MR) is 99.2 cm³/mol. The highest BCUT2D eigenvalue weighted by Gasteiger charge is 2.09. The van der Waals surface area contributed by atoms with Crippen LogP contribution < -0.4 is 20.1 Å². The average Bonchev–Trinajstić information content (AvgIpc) is 2.57. The standard InChI is InChI=1S/C19H32N2O3/c1-4-7-8-9-10-11-14-20-19(22)21-17-15-16(23-5-2)12-13-18(17)24-6-3/h12-13,15H,4-11,14H2,1-3H3,(H2,20,21,22). The Morgan fingerprint density at radius 3 is 2.38 bits per heavy atom. The minimum atomic E-state index is -0.210. The van der Waals surface area contributed by atoms with Crippen molar-refractivity contribution in [2.75, 3.05) is 25.1 Å². The highest BCUT2D eigenvalue weighted by molar-refractivity contribution is 5.91. The van der Waals surface area contributed by atoms with Crippen LogP contribution in [0.5, 0.6) is 11.5 Å².